The van der Waals surface area contributed by atoms with Crippen LogP contribution in [0.3, 0.4) is 0 Å². The first kappa shape index (κ1) is 18.0. The summed E-state index contributed by atoms with van der Waals surface area (Å²) >= 11 is 0. The number of rotatable bonds is 6. The van der Waals surface area contributed by atoms with Crippen LogP contribution in [0.4, 0.5) is 5.69 Å². The molecule has 1 aromatic rings. The van der Waals surface area contributed by atoms with Crippen LogP contribution in [0.25, 0.3) is 0 Å². The number of hydrogen-bond acceptors (Lipinski definition) is 3. The van der Waals surface area contributed by atoms with Gasteiger partial charge in [-0.15, -0.1) is 0 Å². The maximum absolute atomic E-state index is 12.1. The SMILES string of the molecule is CC(C)(CC(=O)Nc1ccc(C(=O)NC2CCCC2)cc1)C(=O)O. The Kier molecular flexibility index (Phi) is 5.59. The highest BCUT2D eigenvalue weighted by atomic mass is 16.4. The molecule has 1 saturated carbocycles. The van der Waals surface area contributed by atoms with Crippen LogP contribution in [0.5, 0.6) is 0 Å². The molecule has 1 aliphatic carbocycles. The molecular formula is C18H24N2O4. The Morgan fingerprint density at radius 3 is 2.25 bits per heavy atom. The molecule has 0 bridgehead atoms. The lowest BCUT2D eigenvalue weighted by Crippen LogP contribution is -2.32. The number of carboxylic acid groups (broad SMARTS) is 1. The summed E-state index contributed by atoms with van der Waals surface area (Å²) in [5, 5.41) is 14.7. The van der Waals surface area contributed by atoms with Crippen LogP contribution in [0.1, 0.15) is 56.3 Å². The zero-order valence-corrected chi connectivity index (χ0v) is 14.1. The van der Waals surface area contributed by atoms with Crippen molar-refractivity contribution in [2.75, 3.05) is 5.32 Å². The van der Waals surface area contributed by atoms with Crippen molar-refractivity contribution in [1.82, 2.24) is 5.32 Å². The number of aliphatic carboxylic acids is 1. The van der Waals surface area contributed by atoms with Crippen LogP contribution >= 0.6 is 0 Å². The molecule has 0 atom stereocenters. The van der Waals surface area contributed by atoms with Crippen molar-refractivity contribution in [3.8, 4) is 0 Å². The molecule has 2 rings (SSSR count). The second-order valence-corrected chi connectivity index (χ2v) is 6.95. The minimum atomic E-state index is -1.12. The summed E-state index contributed by atoms with van der Waals surface area (Å²) in [6, 6.07) is 6.87. The Labute approximate surface area is 141 Å². The van der Waals surface area contributed by atoms with E-state index < -0.39 is 11.4 Å². The molecule has 0 unspecified atom stereocenters. The van der Waals surface area contributed by atoms with Gasteiger partial charge in [-0.2, -0.15) is 0 Å². The standard InChI is InChI=1S/C18H24N2O4/c1-18(2,17(23)24)11-15(21)19-14-9-7-12(8-10-14)16(22)20-13-5-3-4-6-13/h7-10,13H,3-6,11H2,1-2H3,(H,19,21)(H,20,22)(H,23,24). The van der Waals surface area contributed by atoms with Crippen LogP contribution < -0.4 is 10.6 Å². The van der Waals surface area contributed by atoms with Crippen molar-refractivity contribution < 1.29 is 19.5 Å². The molecule has 0 radical (unpaired) electrons. The van der Waals surface area contributed by atoms with Gasteiger partial charge in [0.1, 0.15) is 0 Å². The first-order valence-corrected chi connectivity index (χ1v) is 8.22. The van der Waals surface area contributed by atoms with E-state index in [2.05, 4.69) is 10.6 Å². The third kappa shape index (κ3) is 4.81. The average Bonchev–Trinajstić information content (AvgIpc) is 3.00. The fraction of sp³-hybridized carbons (Fsp3) is 0.500. The second-order valence-electron chi connectivity index (χ2n) is 6.95. The first-order chi connectivity index (χ1) is 11.3. The van der Waals surface area contributed by atoms with E-state index in [0.29, 0.717) is 11.3 Å². The molecule has 3 N–H and O–H groups in total. The van der Waals surface area contributed by atoms with Gasteiger partial charge in [-0.25, -0.2) is 0 Å². The highest BCUT2D eigenvalue weighted by molar-refractivity contribution is 5.96. The van der Waals surface area contributed by atoms with Crippen LogP contribution in [0, 0.1) is 5.41 Å². The molecule has 1 fully saturated rings. The summed E-state index contributed by atoms with van der Waals surface area (Å²) in [7, 11) is 0. The summed E-state index contributed by atoms with van der Waals surface area (Å²) in [4.78, 5) is 35.1. The number of amides is 2. The molecule has 0 aromatic heterocycles. The molecule has 2 amide bonds. The van der Waals surface area contributed by atoms with Gasteiger partial charge in [0, 0.05) is 23.7 Å². The zero-order chi connectivity index (χ0) is 17.7. The monoisotopic (exact) mass is 332 g/mol. The van der Waals surface area contributed by atoms with Gasteiger partial charge in [-0.3, -0.25) is 14.4 Å². The molecule has 1 aromatic carbocycles. The van der Waals surface area contributed by atoms with E-state index in [-0.39, 0.29) is 24.3 Å². The van der Waals surface area contributed by atoms with Gasteiger partial charge in [-0.05, 0) is 51.0 Å². The van der Waals surface area contributed by atoms with Crippen LogP contribution in [0.2, 0.25) is 0 Å². The van der Waals surface area contributed by atoms with E-state index in [1.165, 1.54) is 13.8 Å². The van der Waals surface area contributed by atoms with Crippen molar-refractivity contribution in [3.05, 3.63) is 29.8 Å². The smallest absolute Gasteiger partial charge is 0.309 e. The number of carbonyl (C=O) groups excluding carboxylic acids is 2. The van der Waals surface area contributed by atoms with Crippen molar-refractivity contribution in [1.29, 1.82) is 0 Å². The number of hydrogen-bond donors (Lipinski definition) is 3. The van der Waals surface area contributed by atoms with Gasteiger partial charge in [-0.1, -0.05) is 12.8 Å². The fourth-order valence-corrected chi connectivity index (χ4v) is 2.73. The molecule has 0 heterocycles. The van der Waals surface area contributed by atoms with Crippen LogP contribution in [0.15, 0.2) is 24.3 Å². The van der Waals surface area contributed by atoms with E-state index in [4.69, 9.17) is 5.11 Å². The number of anilines is 1. The minimum Gasteiger partial charge on any atom is -0.481 e. The topological polar surface area (TPSA) is 95.5 Å². The van der Waals surface area contributed by atoms with E-state index in [9.17, 15) is 14.4 Å². The van der Waals surface area contributed by atoms with Crippen LogP contribution in [-0.2, 0) is 9.59 Å². The predicted octanol–water partition coefficient (Wildman–Crippen LogP) is 2.80. The highest BCUT2D eigenvalue weighted by Crippen LogP contribution is 2.22. The summed E-state index contributed by atoms with van der Waals surface area (Å²) in [6.07, 6.45) is 4.25. The van der Waals surface area contributed by atoms with Crippen molar-refractivity contribution in [3.63, 3.8) is 0 Å². The Balaban J connectivity index is 1.90. The number of carbonyl (C=O) groups is 3. The van der Waals surface area contributed by atoms with Gasteiger partial charge in [0.15, 0.2) is 0 Å². The highest BCUT2D eigenvalue weighted by Gasteiger charge is 2.30. The third-order valence-electron chi connectivity index (χ3n) is 4.30. The summed E-state index contributed by atoms with van der Waals surface area (Å²) in [6.45, 7) is 3.01. The summed E-state index contributed by atoms with van der Waals surface area (Å²) in [5.74, 6) is -1.49. The molecule has 6 heteroatoms. The van der Waals surface area contributed by atoms with E-state index in [1.807, 2.05) is 0 Å². The van der Waals surface area contributed by atoms with Crippen LogP contribution in [-0.4, -0.2) is 28.9 Å². The van der Waals surface area contributed by atoms with Gasteiger partial charge in [0.2, 0.25) is 5.91 Å². The first-order valence-electron chi connectivity index (χ1n) is 8.22. The molecule has 0 saturated heterocycles. The maximum Gasteiger partial charge on any atom is 0.309 e. The largest absolute Gasteiger partial charge is 0.481 e. The lowest BCUT2D eigenvalue weighted by atomic mass is 9.89. The molecular weight excluding hydrogens is 308 g/mol. The van der Waals surface area contributed by atoms with Gasteiger partial charge in [0.05, 0.1) is 5.41 Å². The molecule has 130 valence electrons. The van der Waals surface area contributed by atoms with Gasteiger partial charge in [0.25, 0.3) is 5.91 Å². The quantitative estimate of drug-likeness (QED) is 0.746. The molecule has 0 spiro atoms. The van der Waals surface area contributed by atoms with Crippen molar-refractivity contribution in [2.45, 2.75) is 52.0 Å². The molecule has 24 heavy (non-hydrogen) atoms. The Morgan fingerprint density at radius 2 is 1.71 bits per heavy atom. The third-order valence-corrected chi connectivity index (χ3v) is 4.30. The van der Waals surface area contributed by atoms with Gasteiger partial charge < -0.3 is 15.7 Å². The lowest BCUT2D eigenvalue weighted by Gasteiger charge is -2.18. The van der Waals surface area contributed by atoms with Crippen molar-refractivity contribution in [2.24, 2.45) is 5.41 Å². The molecule has 1 aliphatic rings. The predicted molar refractivity (Wildman–Crippen MR) is 90.8 cm³/mol. The lowest BCUT2D eigenvalue weighted by molar-refractivity contribution is -0.148. The Morgan fingerprint density at radius 1 is 1.12 bits per heavy atom. The van der Waals surface area contributed by atoms with Crippen molar-refractivity contribution >= 4 is 23.5 Å². The number of nitrogens with one attached hydrogen (secondary N) is 2. The Hall–Kier alpha value is -2.37. The maximum atomic E-state index is 12.1. The fourth-order valence-electron chi connectivity index (χ4n) is 2.73. The number of carboxylic acids is 1. The van der Waals surface area contributed by atoms with E-state index >= 15 is 0 Å². The average molecular weight is 332 g/mol. The Bertz CT molecular complexity index is 616. The zero-order valence-electron chi connectivity index (χ0n) is 14.1. The van der Waals surface area contributed by atoms with E-state index in [0.717, 1.165) is 25.7 Å². The van der Waals surface area contributed by atoms with E-state index in [1.54, 1.807) is 24.3 Å². The number of benzene rings is 1. The normalized spacial score (nSPS) is 15.1. The second kappa shape index (κ2) is 7.47. The molecule has 6 nitrogen and oxygen atoms in total. The van der Waals surface area contributed by atoms with Gasteiger partial charge >= 0.3 is 5.97 Å². The summed E-state index contributed by atoms with van der Waals surface area (Å²) < 4.78 is 0. The molecule has 0 aliphatic heterocycles. The minimum absolute atomic E-state index is 0.105. The summed E-state index contributed by atoms with van der Waals surface area (Å²) in [5.41, 5.74) is -0.0325.